The van der Waals surface area contributed by atoms with Crippen molar-refractivity contribution in [3.05, 3.63) is 0 Å². The summed E-state index contributed by atoms with van der Waals surface area (Å²) < 4.78 is 0. The summed E-state index contributed by atoms with van der Waals surface area (Å²) in [5, 5.41) is 9.16. The second-order valence-corrected chi connectivity index (χ2v) is 7.16. The summed E-state index contributed by atoms with van der Waals surface area (Å²) in [6.45, 7) is 5.89. The zero-order valence-electron chi connectivity index (χ0n) is 10.6. The molecule has 5 heteroatoms. The summed E-state index contributed by atoms with van der Waals surface area (Å²) in [6, 6.07) is 0.464. The maximum atomic E-state index is 11.2. The van der Waals surface area contributed by atoms with Gasteiger partial charge in [0.2, 0.25) is 0 Å². The van der Waals surface area contributed by atoms with Gasteiger partial charge in [0.25, 0.3) is 0 Å². The minimum atomic E-state index is -1.03. The Balaban J connectivity index is 2.07. The van der Waals surface area contributed by atoms with E-state index in [9.17, 15) is 4.79 Å². The van der Waals surface area contributed by atoms with Gasteiger partial charge < -0.3 is 10.8 Å². The lowest BCUT2D eigenvalue weighted by molar-refractivity contribution is -0.142. The molecule has 0 spiro atoms. The van der Waals surface area contributed by atoms with Crippen molar-refractivity contribution in [2.24, 2.45) is 11.1 Å². The molecule has 0 amide bonds. The molecule has 3 N–H and O–H groups in total. The zero-order chi connectivity index (χ0) is 12.7. The van der Waals surface area contributed by atoms with E-state index in [2.05, 4.69) is 18.7 Å². The number of carboxylic acid groups (broad SMARTS) is 1. The first-order valence-corrected chi connectivity index (χ1v) is 7.35. The van der Waals surface area contributed by atoms with E-state index in [1.807, 2.05) is 11.8 Å². The van der Waals surface area contributed by atoms with Crippen molar-refractivity contribution in [1.82, 2.24) is 4.90 Å². The van der Waals surface area contributed by atoms with Crippen LogP contribution in [0.4, 0.5) is 0 Å². The van der Waals surface area contributed by atoms with Gasteiger partial charge in [-0.05, 0) is 24.0 Å². The Morgan fingerprint density at radius 3 is 2.71 bits per heavy atom. The maximum absolute atomic E-state index is 11.2. The molecule has 0 saturated carbocycles. The molecule has 98 valence electrons. The van der Waals surface area contributed by atoms with E-state index in [-0.39, 0.29) is 5.41 Å². The van der Waals surface area contributed by atoms with Crippen LogP contribution >= 0.6 is 11.8 Å². The second kappa shape index (κ2) is 4.44. The van der Waals surface area contributed by atoms with Crippen LogP contribution < -0.4 is 5.73 Å². The van der Waals surface area contributed by atoms with Gasteiger partial charge in [-0.25, -0.2) is 0 Å². The fourth-order valence-electron chi connectivity index (χ4n) is 2.83. The number of hydrogen-bond donors (Lipinski definition) is 2. The summed E-state index contributed by atoms with van der Waals surface area (Å²) in [6.07, 6.45) is 1.77. The van der Waals surface area contributed by atoms with Crippen molar-refractivity contribution < 1.29 is 9.90 Å². The van der Waals surface area contributed by atoms with E-state index < -0.39 is 11.5 Å². The van der Waals surface area contributed by atoms with Crippen LogP contribution in [0.2, 0.25) is 0 Å². The van der Waals surface area contributed by atoms with Gasteiger partial charge in [-0.15, -0.1) is 0 Å². The molecule has 0 bridgehead atoms. The lowest BCUT2D eigenvalue weighted by Crippen LogP contribution is -2.54. The maximum Gasteiger partial charge on any atom is 0.325 e. The van der Waals surface area contributed by atoms with Crippen LogP contribution in [-0.2, 0) is 4.79 Å². The van der Waals surface area contributed by atoms with Gasteiger partial charge in [-0.3, -0.25) is 9.69 Å². The van der Waals surface area contributed by atoms with Crippen molar-refractivity contribution in [3.8, 4) is 0 Å². The van der Waals surface area contributed by atoms with Crippen LogP contribution in [0, 0.1) is 5.41 Å². The highest BCUT2D eigenvalue weighted by atomic mass is 32.2. The highest BCUT2D eigenvalue weighted by molar-refractivity contribution is 7.99. The van der Waals surface area contributed by atoms with E-state index in [0.29, 0.717) is 19.0 Å². The monoisotopic (exact) mass is 258 g/mol. The highest BCUT2D eigenvalue weighted by Gasteiger charge is 2.46. The summed E-state index contributed by atoms with van der Waals surface area (Å²) in [7, 11) is 0. The molecule has 2 aliphatic rings. The molecule has 0 aliphatic carbocycles. The molecular weight excluding hydrogens is 236 g/mol. The van der Waals surface area contributed by atoms with Crippen LogP contribution in [0.1, 0.15) is 26.7 Å². The molecule has 0 radical (unpaired) electrons. The van der Waals surface area contributed by atoms with Crippen molar-refractivity contribution in [2.45, 2.75) is 38.3 Å². The van der Waals surface area contributed by atoms with Crippen molar-refractivity contribution >= 4 is 17.7 Å². The first-order valence-electron chi connectivity index (χ1n) is 6.19. The smallest absolute Gasteiger partial charge is 0.325 e. The van der Waals surface area contributed by atoms with Gasteiger partial charge in [0.1, 0.15) is 5.54 Å². The highest BCUT2D eigenvalue weighted by Crippen LogP contribution is 2.39. The molecule has 2 heterocycles. The lowest BCUT2D eigenvalue weighted by Gasteiger charge is -2.43. The SMILES string of the molecule is CC1(C)CCSCC1N1CCC(N)(C(=O)O)C1. The van der Waals surface area contributed by atoms with Crippen molar-refractivity contribution in [2.75, 3.05) is 24.6 Å². The van der Waals surface area contributed by atoms with Crippen LogP contribution in [0.25, 0.3) is 0 Å². The van der Waals surface area contributed by atoms with Crippen molar-refractivity contribution in [1.29, 1.82) is 0 Å². The second-order valence-electron chi connectivity index (χ2n) is 6.01. The van der Waals surface area contributed by atoms with Gasteiger partial charge >= 0.3 is 5.97 Å². The number of aliphatic carboxylic acids is 1. The molecule has 17 heavy (non-hydrogen) atoms. The summed E-state index contributed by atoms with van der Waals surface area (Å²) in [4.78, 5) is 13.4. The molecule has 2 unspecified atom stereocenters. The van der Waals surface area contributed by atoms with E-state index in [4.69, 9.17) is 10.8 Å². The minimum Gasteiger partial charge on any atom is -0.480 e. The van der Waals surface area contributed by atoms with Crippen LogP contribution in [0.3, 0.4) is 0 Å². The fourth-order valence-corrected chi connectivity index (χ4v) is 4.55. The van der Waals surface area contributed by atoms with E-state index >= 15 is 0 Å². The zero-order valence-corrected chi connectivity index (χ0v) is 11.4. The van der Waals surface area contributed by atoms with Gasteiger partial charge in [-0.1, -0.05) is 13.8 Å². The molecule has 2 saturated heterocycles. The lowest BCUT2D eigenvalue weighted by atomic mass is 9.81. The van der Waals surface area contributed by atoms with E-state index in [1.165, 1.54) is 12.2 Å². The Hall–Kier alpha value is -0.260. The van der Waals surface area contributed by atoms with Crippen LogP contribution in [0.5, 0.6) is 0 Å². The molecule has 0 aromatic heterocycles. The fraction of sp³-hybridized carbons (Fsp3) is 0.917. The summed E-state index contributed by atoms with van der Waals surface area (Å²) in [5.41, 5.74) is 5.18. The van der Waals surface area contributed by atoms with Crippen LogP contribution in [-0.4, -0.2) is 52.2 Å². The Kier molecular flexibility index (Phi) is 3.45. The molecule has 2 aliphatic heterocycles. The number of thioether (sulfide) groups is 1. The standard InChI is InChI=1S/C12H22N2O2S/c1-11(2)4-6-17-7-9(11)14-5-3-12(13,8-14)10(15)16/h9H,3-8,13H2,1-2H3,(H,15,16). The Morgan fingerprint density at radius 2 is 2.18 bits per heavy atom. The van der Waals surface area contributed by atoms with Gasteiger partial charge in [0, 0.05) is 24.9 Å². The van der Waals surface area contributed by atoms with Crippen molar-refractivity contribution in [3.63, 3.8) is 0 Å². The molecule has 2 atom stereocenters. The van der Waals surface area contributed by atoms with Gasteiger partial charge in [0.05, 0.1) is 0 Å². The average Bonchev–Trinajstić information content (AvgIpc) is 2.61. The Bertz CT molecular complexity index is 322. The van der Waals surface area contributed by atoms with Crippen LogP contribution in [0.15, 0.2) is 0 Å². The van der Waals surface area contributed by atoms with Gasteiger partial charge in [0.15, 0.2) is 0 Å². The average molecular weight is 258 g/mol. The topological polar surface area (TPSA) is 66.6 Å². The predicted molar refractivity (Wildman–Crippen MR) is 70.3 cm³/mol. The number of likely N-dealkylation sites (tertiary alicyclic amines) is 1. The molecule has 2 fully saturated rings. The van der Waals surface area contributed by atoms with E-state index in [1.54, 1.807) is 0 Å². The Labute approximate surface area is 107 Å². The minimum absolute atomic E-state index is 0.273. The number of carboxylic acids is 1. The Morgan fingerprint density at radius 1 is 1.47 bits per heavy atom. The first-order chi connectivity index (χ1) is 7.85. The molecule has 0 aromatic carbocycles. The number of rotatable bonds is 2. The third-order valence-corrected chi connectivity index (χ3v) is 5.31. The molecule has 2 rings (SSSR count). The number of carbonyl (C=O) groups is 1. The quantitative estimate of drug-likeness (QED) is 0.773. The largest absolute Gasteiger partial charge is 0.480 e. The third-order valence-electron chi connectivity index (χ3n) is 4.27. The predicted octanol–water partition coefficient (Wildman–Crippen LogP) is 1.01. The normalized spacial score (nSPS) is 38.2. The van der Waals surface area contributed by atoms with E-state index in [0.717, 1.165) is 12.3 Å². The molecular formula is C12H22N2O2S. The number of hydrogen-bond acceptors (Lipinski definition) is 4. The summed E-state index contributed by atoms with van der Waals surface area (Å²) in [5.74, 6) is 1.45. The number of nitrogens with zero attached hydrogens (tertiary/aromatic N) is 1. The molecule has 4 nitrogen and oxygen atoms in total. The summed E-state index contributed by atoms with van der Waals surface area (Å²) >= 11 is 1.97. The molecule has 0 aromatic rings. The third kappa shape index (κ3) is 2.46. The number of nitrogens with two attached hydrogens (primary N) is 1. The first kappa shape index (κ1) is 13.2. The van der Waals surface area contributed by atoms with Gasteiger partial charge in [-0.2, -0.15) is 11.8 Å².